The highest BCUT2D eigenvalue weighted by Crippen LogP contribution is 2.33. The lowest BCUT2D eigenvalue weighted by atomic mass is 9.94. The van der Waals surface area contributed by atoms with E-state index in [0.29, 0.717) is 0 Å². The third kappa shape index (κ3) is 3.13. The summed E-state index contributed by atoms with van der Waals surface area (Å²) >= 11 is -0.250. The quantitative estimate of drug-likeness (QED) is 0.362. The average molecular weight is 457 g/mol. The van der Waals surface area contributed by atoms with Crippen molar-refractivity contribution >= 4 is 21.5 Å². The predicted molar refractivity (Wildman–Crippen MR) is 111 cm³/mol. The van der Waals surface area contributed by atoms with Gasteiger partial charge in [-0.2, -0.15) is 0 Å². The zero-order chi connectivity index (χ0) is 18.1. The lowest BCUT2D eigenvalue weighted by Crippen LogP contribution is -3.61. The summed E-state index contributed by atoms with van der Waals surface area (Å²) in [5.41, 5.74) is 2.75. The molecule has 0 nitrogen and oxygen atoms in total. The lowest BCUT2D eigenvalue weighted by molar-refractivity contribution is -0.596. The van der Waals surface area contributed by atoms with Gasteiger partial charge < -0.3 is 0 Å². The molecule has 5 aromatic carbocycles. The second-order valence-electron chi connectivity index (χ2n) is 6.56. The molecule has 0 atom stereocenters. The van der Waals surface area contributed by atoms with Crippen LogP contribution >= 0.6 is 0 Å². The SMILES string of the molecule is c1ccc([I+]c2ccc3ccccc3c2-c2cccc3ccccc23)cc1. The molecule has 0 saturated carbocycles. The number of hydrogen-bond donors (Lipinski definition) is 0. The first-order valence-electron chi connectivity index (χ1n) is 9.10. The summed E-state index contributed by atoms with van der Waals surface area (Å²) < 4.78 is 2.93. The maximum absolute atomic E-state index is 2.35. The van der Waals surface area contributed by atoms with Crippen molar-refractivity contribution in [2.24, 2.45) is 0 Å². The summed E-state index contributed by atoms with van der Waals surface area (Å²) in [4.78, 5) is 0. The van der Waals surface area contributed by atoms with E-state index < -0.39 is 0 Å². The van der Waals surface area contributed by atoms with Gasteiger partial charge in [0.05, 0.1) is 0 Å². The van der Waals surface area contributed by atoms with E-state index in [-0.39, 0.29) is 21.2 Å². The van der Waals surface area contributed by atoms with Gasteiger partial charge in [-0.3, -0.25) is 0 Å². The Morgan fingerprint density at radius 3 is 1.89 bits per heavy atom. The molecule has 0 aliphatic carbocycles. The van der Waals surface area contributed by atoms with Crippen LogP contribution in [0.1, 0.15) is 0 Å². The number of rotatable bonds is 3. The van der Waals surface area contributed by atoms with Crippen molar-refractivity contribution in [2.75, 3.05) is 0 Å². The molecule has 5 rings (SSSR count). The molecule has 0 heterocycles. The van der Waals surface area contributed by atoms with E-state index in [2.05, 4.69) is 109 Å². The first kappa shape index (κ1) is 16.5. The highest BCUT2D eigenvalue weighted by molar-refractivity contribution is 6.05. The predicted octanol–water partition coefficient (Wildman–Crippen LogP) is 3.79. The molecule has 0 unspecified atom stereocenters. The molecule has 0 aliphatic heterocycles. The zero-order valence-corrected chi connectivity index (χ0v) is 16.9. The summed E-state index contributed by atoms with van der Waals surface area (Å²) in [5.74, 6) is 0. The van der Waals surface area contributed by atoms with Crippen LogP contribution in [0, 0.1) is 7.14 Å². The van der Waals surface area contributed by atoms with Crippen LogP contribution in [0.25, 0.3) is 32.7 Å². The van der Waals surface area contributed by atoms with Crippen molar-refractivity contribution < 1.29 is 21.2 Å². The fraction of sp³-hybridized carbons (Fsp3) is 0. The summed E-state index contributed by atoms with van der Waals surface area (Å²) in [6, 6.07) is 39.7. The second kappa shape index (κ2) is 7.16. The maximum Gasteiger partial charge on any atom is 0.358 e. The molecule has 0 bridgehead atoms. The Balaban J connectivity index is 1.82. The standard InChI is InChI=1S/C26H18I/c1-2-12-21(13-3-1)27-25-18-17-20-10-5-7-15-23(20)26(25)24-16-8-11-19-9-4-6-14-22(19)24/h1-18H/q+1. The lowest BCUT2D eigenvalue weighted by Gasteiger charge is -2.10. The fourth-order valence-electron chi connectivity index (χ4n) is 3.64. The third-order valence-corrected chi connectivity index (χ3v) is 7.70. The van der Waals surface area contributed by atoms with Gasteiger partial charge in [0.2, 0.25) is 3.57 Å². The van der Waals surface area contributed by atoms with Crippen LogP contribution in [-0.2, 0) is 0 Å². The Morgan fingerprint density at radius 1 is 0.444 bits per heavy atom. The monoisotopic (exact) mass is 457 g/mol. The van der Waals surface area contributed by atoms with E-state index in [9.17, 15) is 0 Å². The van der Waals surface area contributed by atoms with E-state index >= 15 is 0 Å². The number of fused-ring (bicyclic) bond motifs is 2. The largest absolute Gasteiger partial charge is 0.358 e. The summed E-state index contributed by atoms with van der Waals surface area (Å²) in [6.07, 6.45) is 0. The summed E-state index contributed by atoms with van der Waals surface area (Å²) in [6.45, 7) is 0. The Bertz CT molecular complexity index is 1230. The number of halogens is 1. The number of benzene rings is 5. The average Bonchev–Trinajstić information content (AvgIpc) is 2.74. The Labute approximate surface area is 169 Å². The van der Waals surface area contributed by atoms with Gasteiger partial charge in [-0.05, 0) is 51.4 Å². The molecular formula is C26H18I+. The summed E-state index contributed by atoms with van der Waals surface area (Å²) in [5, 5.41) is 5.28. The van der Waals surface area contributed by atoms with Gasteiger partial charge in [0.15, 0.2) is 3.57 Å². The zero-order valence-electron chi connectivity index (χ0n) is 14.8. The molecule has 0 saturated heterocycles. The number of hydrogen-bond acceptors (Lipinski definition) is 0. The molecule has 0 spiro atoms. The van der Waals surface area contributed by atoms with Crippen LogP contribution < -0.4 is 21.2 Å². The van der Waals surface area contributed by atoms with Crippen LogP contribution in [0.5, 0.6) is 0 Å². The molecule has 27 heavy (non-hydrogen) atoms. The topological polar surface area (TPSA) is 0 Å². The van der Waals surface area contributed by atoms with Crippen molar-refractivity contribution in [1.29, 1.82) is 0 Å². The first-order chi connectivity index (χ1) is 13.4. The minimum atomic E-state index is -0.250. The van der Waals surface area contributed by atoms with E-state index in [0.717, 1.165) is 0 Å². The molecule has 128 valence electrons. The van der Waals surface area contributed by atoms with Crippen LogP contribution in [0.15, 0.2) is 109 Å². The van der Waals surface area contributed by atoms with Crippen molar-refractivity contribution in [1.82, 2.24) is 0 Å². The molecule has 1 heteroatoms. The molecule has 0 amide bonds. The van der Waals surface area contributed by atoms with Gasteiger partial charge in [0.25, 0.3) is 0 Å². The molecule has 0 fully saturated rings. The minimum absolute atomic E-state index is 0.250. The van der Waals surface area contributed by atoms with Crippen molar-refractivity contribution in [3.05, 3.63) is 116 Å². The van der Waals surface area contributed by atoms with Gasteiger partial charge in [0.1, 0.15) is 0 Å². The Kier molecular flexibility index (Phi) is 4.38. The molecule has 0 aromatic heterocycles. The Morgan fingerprint density at radius 2 is 1.07 bits per heavy atom. The van der Waals surface area contributed by atoms with Crippen molar-refractivity contribution in [2.45, 2.75) is 0 Å². The smallest absolute Gasteiger partial charge is 0.0619 e. The van der Waals surface area contributed by atoms with Gasteiger partial charge >= 0.3 is 21.2 Å². The molecular weight excluding hydrogens is 439 g/mol. The van der Waals surface area contributed by atoms with Crippen LogP contribution in [0.3, 0.4) is 0 Å². The molecule has 0 N–H and O–H groups in total. The third-order valence-electron chi connectivity index (χ3n) is 4.88. The normalized spacial score (nSPS) is 11.1. The maximum atomic E-state index is 2.35. The van der Waals surface area contributed by atoms with Gasteiger partial charge in [-0.1, -0.05) is 84.9 Å². The summed E-state index contributed by atoms with van der Waals surface area (Å²) in [7, 11) is 0. The van der Waals surface area contributed by atoms with E-state index in [1.807, 2.05) is 0 Å². The first-order valence-corrected chi connectivity index (χ1v) is 11.3. The Hall–Kier alpha value is -2.65. The highest BCUT2D eigenvalue weighted by atomic mass is 127. The molecule has 5 aromatic rings. The van der Waals surface area contributed by atoms with Crippen molar-refractivity contribution in [3.8, 4) is 11.1 Å². The molecule has 0 radical (unpaired) electrons. The second-order valence-corrected chi connectivity index (χ2v) is 9.51. The van der Waals surface area contributed by atoms with E-state index in [1.165, 1.54) is 39.8 Å². The minimum Gasteiger partial charge on any atom is -0.0619 e. The van der Waals surface area contributed by atoms with E-state index in [1.54, 1.807) is 0 Å². The van der Waals surface area contributed by atoms with E-state index in [4.69, 9.17) is 0 Å². The van der Waals surface area contributed by atoms with Gasteiger partial charge in [-0.25, -0.2) is 0 Å². The highest BCUT2D eigenvalue weighted by Gasteiger charge is 2.23. The van der Waals surface area contributed by atoms with Crippen LogP contribution in [-0.4, -0.2) is 0 Å². The van der Waals surface area contributed by atoms with Gasteiger partial charge in [-0.15, -0.1) is 0 Å². The van der Waals surface area contributed by atoms with Crippen LogP contribution in [0.2, 0.25) is 0 Å². The van der Waals surface area contributed by atoms with Gasteiger partial charge in [0, 0.05) is 5.56 Å². The molecule has 0 aliphatic rings. The fourth-order valence-corrected chi connectivity index (χ4v) is 6.29. The van der Waals surface area contributed by atoms with Crippen LogP contribution in [0.4, 0.5) is 0 Å². The van der Waals surface area contributed by atoms with Crippen molar-refractivity contribution in [3.63, 3.8) is 0 Å².